The lowest BCUT2D eigenvalue weighted by molar-refractivity contribution is -0.385. The first-order valence-corrected chi connectivity index (χ1v) is 5.20. The Kier molecular flexibility index (Phi) is 5.14. The van der Waals surface area contributed by atoms with Gasteiger partial charge in [-0.15, -0.1) is 0 Å². The van der Waals surface area contributed by atoms with Crippen LogP contribution in [0.5, 0.6) is 0 Å². The molecule has 5 heteroatoms. The van der Waals surface area contributed by atoms with Crippen LogP contribution in [0.15, 0.2) is 18.2 Å². The summed E-state index contributed by atoms with van der Waals surface area (Å²) < 4.78 is 0. The highest BCUT2D eigenvalue weighted by atomic mass is 16.6. The van der Waals surface area contributed by atoms with Crippen molar-refractivity contribution in [2.24, 2.45) is 0 Å². The third-order valence-electron chi connectivity index (χ3n) is 2.19. The molecule has 0 saturated carbocycles. The molecule has 1 rings (SSSR count). The zero-order valence-electron chi connectivity index (χ0n) is 9.56. The van der Waals surface area contributed by atoms with Crippen molar-refractivity contribution in [3.05, 3.63) is 39.4 Å². The first-order chi connectivity index (χ1) is 8.19. The predicted molar refractivity (Wildman–Crippen MR) is 64.4 cm³/mol. The van der Waals surface area contributed by atoms with Gasteiger partial charge >= 0.3 is 0 Å². The van der Waals surface area contributed by atoms with Crippen LogP contribution in [0.25, 0.3) is 0 Å². The maximum Gasteiger partial charge on any atom is 0.276 e. The second-order valence-electron chi connectivity index (χ2n) is 3.41. The quantitative estimate of drug-likeness (QED) is 0.353. The number of rotatable bonds is 4. The van der Waals surface area contributed by atoms with Crippen molar-refractivity contribution in [3.63, 3.8) is 0 Å². The number of aliphatic hydroxyl groups excluding tert-OH is 1. The zero-order valence-corrected chi connectivity index (χ0v) is 9.56. The minimum atomic E-state index is -0.510. The number of benzene rings is 1. The fourth-order valence-corrected chi connectivity index (χ4v) is 1.30. The fraction of sp³-hybridized carbons (Fsp3) is 0.333. The molecule has 5 nitrogen and oxygen atoms in total. The lowest BCUT2D eigenvalue weighted by Crippen LogP contribution is -2.05. The first-order valence-electron chi connectivity index (χ1n) is 5.20. The molecular weight excluding hydrogens is 220 g/mol. The van der Waals surface area contributed by atoms with Gasteiger partial charge in [-0.2, -0.15) is 0 Å². The first kappa shape index (κ1) is 13.2. The molecule has 0 aliphatic heterocycles. The van der Waals surface area contributed by atoms with Crippen LogP contribution >= 0.6 is 0 Å². The molecule has 0 aliphatic rings. The highest BCUT2D eigenvalue weighted by molar-refractivity contribution is 5.48. The van der Waals surface area contributed by atoms with Gasteiger partial charge in [0.2, 0.25) is 0 Å². The smallest absolute Gasteiger partial charge is 0.276 e. The molecule has 0 spiro atoms. The molecule has 1 aromatic rings. The van der Waals surface area contributed by atoms with Crippen LogP contribution in [-0.4, -0.2) is 23.6 Å². The monoisotopic (exact) mass is 234 g/mol. The van der Waals surface area contributed by atoms with Crippen molar-refractivity contribution in [1.82, 2.24) is 5.32 Å². The summed E-state index contributed by atoms with van der Waals surface area (Å²) in [5.41, 5.74) is 0.800. The molecule has 0 saturated heterocycles. The molecule has 0 radical (unpaired) electrons. The maximum absolute atomic E-state index is 10.7. The van der Waals surface area contributed by atoms with E-state index in [1.165, 1.54) is 12.1 Å². The molecule has 2 N–H and O–H groups in total. The van der Waals surface area contributed by atoms with Gasteiger partial charge in [-0.1, -0.05) is 11.8 Å². The molecule has 90 valence electrons. The van der Waals surface area contributed by atoms with Crippen LogP contribution in [0.4, 0.5) is 5.69 Å². The van der Waals surface area contributed by atoms with E-state index >= 15 is 0 Å². The SMILES string of the molecule is CNCCC#Cc1ccc(CO)c([N+](=O)[O-])c1. The highest BCUT2D eigenvalue weighted by Crippen LogP contribution is 2.19. The van der Waals surface area contributed by atoms with Gasteiger partial charge in [0.1, 0.15) is 0 Å². The summed E-state index contributed by atoms with van der Waals surface area (Å²) >= 11 is 0. The Morgan fingerprint density at radius 2 is 2.29 bits per heavy atom. The maximum atomic E-state index is 10.7. The number of nitro benzene ring substituents is 1. The van der Waals surface area contributed by atoms with E-state index in [0.29, 0.717) is 17.5 Å². The van der Waals surface area contributed by atoms with Gasteiger partial charge in [0.15, 0.2) is 0 Å². The zero-order chi connectivity index (χ0) is 12.7. The van der Waals surface area contributed by atoms with Gasteiger partial charge in [-0.3, -0.25) is 10.1 Å². The Balaban J connectivity index is 2.91. The summed E-state index contributed by atoms with van der Waals surface area (Å²) in [4.78, 5) is 10.2. The molecule has 0 aromatic heterocycles. The highest BCUT2D eigenvalue weighted by Gasteiger charge is 2.12. The van der Waals surface area contributed by atoms with Gasteiger partial charge < -0.3 is 10.4 Å². The molecule has 17 heavy (non-hydrogen) atoms. The molecule has 0 unspecified atom stereocenters. The van der Waals surface area contributed by atoms with E-state index in [4.69, 9.17) is 5.11 Å². The van der Waals surface area contributed by atoms with Crippen molar-refractivity contribution in [2.75, 3.05) is 13.6 Å². The van der Waals surface area contributed by atoms with Crippen molar-refractivity contribution >= 4 is 5.69 Å². The Labute approximate surface area is 99.6 Å². The Hall–Kier alpha value is -1.90. The molecule has 0 bridgehead atoms. The normalized spacial score (nSPS) is 9.53. The average Bonchev–Trinajstić information content (AvgIpc) is 2.34. The summed E-state index contributed by atoms with van der Waals surface area (Å²) in [5, 5.41) is 22.7. The number of nitrogens with one attached hydrogen (secondary N) is 1. The molecule has 0 aliphatic carbocycles. The predicted octanol–water partition coefficient (Wildman–Crippen LogP) is 1.05. The lowest BCUT2D eigenvalue weighted by atomic mass is 10.1. The van der Waals surface area contributed by atoms with E-state index in [9.17, 15) is 10.1 Å². The summed E-state index contributed by atoms with van der Waals surface area (Å²) in [5.74, 6) is 5.76. The Morgan fingerprint density at radius 1 is 1.53 bits per heavy atom. The molecule has 0 amide bonds. The van der Waals surface area contributed by atoms with Crippen molar-refractivity contribution in [2.45, 2.75) is 13.0 Å². The third-order valence-corrected chi connectivity index (χ3v) is 2.19. The van der Waals surface area contributed by atoms with Crippen LogP contribution in [0.2, 0.25) is 0 Å². The van der Waals surface area contributed by atoms with Gasteiger partial charge in [0.05, 0.1) is 17.1 Å². The number of hydrogen-bond acceptors (Lipinski definition) is 4. The largest absolute Gasteiger partial charge is 0.391 e. The van der Waals surface area contributed by atoms with Crippen molar-refractivity contribution < 1.29 is 10.0 Å². The molecule has 1 aromatic carbocycles. The topological polar surface area (TPSA) is 75.4 Å². The second-order valence-corrected chi connectivity index (χ2v) is 3.41. The van der Waals surface area contributed by atoms with E-state index in [0.717, 1.165) is 6.54 Å². The van der Waals surface area contributed by atoms with E-state index in [1.807, 2.05) is 7.05 Å². The number of hydrogen-bond donors (Lipinski definition) is 2. The molecule has 0 fully saturated rings. The molecule has 0 atom stereocenters. The standard InChI is InChI=1S/C12H14N2O3/c1-13-7-3-2-4-10-5-6-11(9-15)12(8-10)14(16)17/h5-6,8,13,15H,3,7,9H2,1H3. The third kappa shape index (κ3) is 3.87. The molecule has 0 heterocycles. The van der Waals surface area contributed by atoms with Crippen LogP contribution < -0.4 is 5.32 Å². The summed E-state index contributed by atoms with van der Waals surface area (Å²) in [6.45, 7) is 0.438. The number of aliphatic hydroxyl groups is 1. The van der Waals surface area contributed by atoms with E-state index in [2.05, 4.69) is 17.2 Å². The molecular formula is C12H14N2O3. The van der Waals surface area contributed by atoms with Crippen molar-refractivity contribution in [1.29, 1.82) is 0 Å². The van der Waals surface area contributed by atoms with Crippen LogP contribution in [0.1, 0.15) is 17.5 Å². The second kappa shape index (κ2) is 6.63. The van der Waals surface area contributed by atoms with Crippen LogP contribution in [0.3, 0.4) is 0 Å². The number of nitrogens with zero attached hydrogens (tertiary/aromatic N) is 1. The van der Waals surface area contributed by atoms with E-state index in [1.54, 1.807) is 6.07 Å². The van der Waals surface area contributed by atoms with Crippen LogP contribution in [0, 0.1) is 22.0 Å². The Morgan fingerprint density at radius 3 is 2.88 bits per heavy atom. The summed E-state index contributed by atoms with van der Waals surface area (Å²) in [6, 6.07) is 4.59. The van der Waals surface area contributed by atoms with Gasteiger partial charge in [0.25, 0.3) is 5.69 Å². The Bertz CT molecular complexity index is 461. The summed E-state index contributed by atoms with van der Waals surface area (Å²) in [6.07, 6.45) is 0.687. The summed E-state index contributed by atoms with van der Waals surface area (Å²) in [7, 11) is 1.84. The van der Waals surface area contributed by atoms with E-state index < -0.39 is 4.92 Å². The average molecular weight is 234 g/mol. The minimum absolute atomic E-state index is 0.0899. The van der Waals surface area contributed by atoms with Crippen LogP contribution in [-0.2, 0) is 6.61 Å². The van der Waals surface area contributed by atoms with E-state index in [-0.39, 0.29) is 12.3 Å². The van der Waals surface area contributed by atoms with Gasteiger partial charge in [-0.25, -0.2) is 0 Å². The van der Waals surface area contributed by atoms with Crippen molar-refractivity contribution in [3.8, 4) is 11.8 Å². The van der Waals surface area contributed by atoms with Gasteiger partial charge in [-0.05, 0) is 19.2 Å². The lowest BCUT2D eigenvalue weighted by Gasteiger charge is -1.99. The minimum Gasteiger partial charge on any atom is -0.391 e. The van der Waals surface area contributed by atoms with Gasteiger partial charge in [0, 0.05) is 24.6 Å². The fourth-order valence-electron chi connectivity index (χ4n) is 1.30. The number of nitro groups is 1.